The SMILES string of the molecule is COc1ccccc1[C@H](C)NCCc1nccn1C. The largest absolute Gasteiger partial charge is 0.496 e. The van der Waals surface area contributed by atoms with Gasteiger partial charge >= 0.3 is 0 Å². The van der Waals surface area contributed by atoms with Gasteiger partial charge in [-0.25, -0.2) is 4.98 Å². The van der Waals surface area contributed by atoms with Gasteiger partial charge in [-0.15, -0.1) is 0 Å². The number of hydrogen-bond donors (Lipinski definition) is 1. The maximum absolute atomic E-state index is 5.38. The van der Waals surface area contributed by atoms with Crippen molar-refractivity contribution in [2.45, 2.75) is 19.4 Å². The Balaban J connectivity index is 1.91. The van der Waals surface area contributed by atoms with Gasteiger partial charge in [0.05, 0.1) is 7.11 Å². The van der Waals surface area contributed by atoms with Gasteiger partial charge in [-0.3, -0.25) is 0 Å². The van der Waals surface area contributed by atoms with Gasteiger partial charge in [0.15, 0.2) is 0 Å². The van der Waals surface area contributed by atoms with Crippen molar-refractivity contribution in [1.29, 1.82) is 0 Å². The fraction of sp³-hybridized carbons (Fsp3) is 0.400. The molecule has 4 heteroatoms. The Morgan fingerprint density at radius 1 is 1.37 bits per heavy atom. The number of rotatable bonds is 6. The normalized spacial score (nSPS) is 12.4. The second-order valence-corrected chi connectivity index (χ2v) is 4.62. The molecule has 0 aliphatic carbocycles. The quantitative estimate of drug-likeness (QED) is 0.865. The van der Waals surface area contributed by atoms with E-state index in [4.69, 9.17) is 4.74 Å². The molecular weight excluding hydrogens is 238 g/mol. The van der Waals surface area contributed by atoms with Gasteiger partial charge in [0.1, 0.15) is 11.6 Å². The van der Waals surface area contributed by atoms with Crippen molar-refractivity contribution in [1.82, 2.24) is 14.9 Å². The van der Waals surface area contributed by atoms with Gasteiger partial charge in [0, 0.05) is 44.0 Å². The highest BCUT2D eigenvalue weighted by Gasteiger charge is 2.10. The molecule has 1 aromatic carbocycles. The molecule has 1 heterocycles. The second-order valence-electron chi connectivity index (χ2n) is 4.62. The van der Waals surface area contributed by atoms with Crippen LogP contribution >= 0.6 is 0 Å². The van der Waals surface area contributed by atoms with Gasteiger partial charge in [-0.2, -0.15) is 0 Å². The average molecular weight is 259 g/mol. The van der Waals surface area contributed by atoms with E-state index >= 15 is 0 Å². The minimum atomic E-state index is 0.261. The van der Waals surface area contributed by atoms with Gasteiger partial charge in [0.2, 0.25) is 0 Å². The van der Waals surface area contributed by atoms with Crippen molar-refractivity contribution in [3.63, 3.8) is 0 Å². The Morgan fingerprint density at radius 2 is 2.16 bits per heavy atom. The van der Waals surface area contributed by atoms with Crippen molar-refractivity contribution in [2.24, 2.45) is 7.05 Å². The molecule has 1 aromatic heterocycles. The fourth-order valence-electron chi connectivity index (χ4n) is 2.17. The molecule has 0 spiro atoms. The summed E-state index contributed by atoms with van der Waals surface area (Å²) < 4.78 is 7.43. The van der Waals surface area contributed by atoms with Crippen LogP contribution in [-0.4, -0.2) is 23.2 Å². The molecule has 0 bridgehead atoms. The van der Waals surface area contributed by atoms with E-state index in [2.05, 4.69) is 27.9 Å². The zero-order chi connectivity index (χ0) is 13.7. The first-order valence-electron chi connectivity index (χ1n) is 6.55. The van der Waals surface area contributed by atoms with E-state index in [0.29, 0.717) is 0 Å². The Hall–Kier alpha value is -1.81. The van der Waals surface area contributed by atoms with E-state index in [1.807, 2.05) is 37.6 Å². The summed E-state index contributed by atoms with van der Waals surface area (Å²) in [5.41, 5.74) is 1.19. The first kappa shape index (κ1) is 13.6. The maximum Gasteiger partial charge on any atom is 0.123 e. The van der Waals surface area contributed by atoms with Crippen molar-refractivity contribution in [2.75, 3.05) is 13.7 Å². The molecule has 0 saturated carbocycles. The van der Waals surface area contributed by atoms with Crippen LogP contribution in [0.15, 0.2) is 36.7 Å². The highest BCUT2D eigenvalue weighted by Crippen LogP contribution is 2.24. The number of methoxy groups -OCH3 is 1. The minimum Gasteiger partial charge on any atom is -0.496 e. The minimum absolute atomic E-state index is 0.261. The molecule has 0 fully saturated rings. The van der Waals surface area contributed by atoms with Crippen LogP contribution in [0.2, 0.25) is 0 Å². The molecule has 0 unspecified atom stereocenters. The highest BCUT2D eigenvalue weighted by atomic mass is 16.5. The Labute approximate surface area is 114 Å². The van der Waals surface area contributed by atoms with E-state index in [9.17, 15) is 0 Å². The van der Waals surface area contributed by atoms with Crippen LogP contribution in [0, 0.1) is 0 Å². The number of imidazole rings is 1. The molecule has 4 nitrogen and oxygen atoms in total. The average Bonchev–Trinajstić information content (AvgIpc) is 2.84. The summed E-state index contributed by atoms with van der Waals surface area (Å²) in [7, 11) is 3.73. The number of ether oxygens (including phenoxy) is 1. The lowest BCUT2D eigenvalue weighted by Crippen LogP contribution is -2.22. The summed E-state index contributed by atoms with van der Waals surface area (Å²) in [6.07, 6.45) is 4.72. The molecule has 0 radical (unpaired) electrons. The zero-order valence-corrected chi connectivity index (χ0v) is 11.8. The molecule has 1 N–H and O–H groups in total. The van der Waals surface area contributed by atoms with Crippen LogP contribution in [0.3, 0.4) is 0 Å². The van der Waals surface area contributed by atoms with Crippen LogP contribution in [-0.2, 0) is 13.5 Å². The monoisotopic (exact) mass is 259 g/mol. The summed E-state index contributed by atoms with van der Waals surface area (Å²) in [6, 6.07) is 8.37. The zero-order valence-electron chi connectivity index (χ0n) is 11.8. The smallest absolute Gasteiger partial charge is 0.123 e. The third-order valence-electron chi connectivity index (χ3n) is 3.33. The van der Waals surface area contributed by atoms with Crippen molar-refractivity contribution < 1.29 is 4.74 Å². The van der Waals surface area contributed by atoms with E-state index in [0.717, 1.165) is 24.5 Å². The number of para-hydroxylation sites is 1. The van der Waals surface area contributed by atoms with Gasteiger partial charge in [-0.1, -0.05) is 18.2 Å². The fourth-order valence-corrected chi connectivity index (χ4v) is 2.17. The van der Waals surface area contributed by atoms with Gasteiger partial charge in [0.25, 0.3) is 0 Å². The summed E-state index contributed by atoms with van der Waals surface area (Å²) in [5.74, 6) is 2.03. The van der Waals surface area contributed by atoms with Crippen LogP contribution in [0.1, 0.15) is 24.4 Å². The lowest BCUT2D eigenvalue weighted by Gasteiger charge is -2.17. The Bertz CT molecular complexity index is 522. The number of hydrogen-bond acceptors (Lipinski definition) is 3. The standard InChI is InChI=1S/C15H21N3O/c1-12(13-6-4-5-7-14(13)19-3)16-9-8-15-17-10-11-18(15)2/h4-7,10-12,16H,8-9H2,1-3H3/t12-/m0/s1. The Kier molecular flexibility index (Phi) is 4.58. The van der Waals surface area contributed by atoms with Crippen LogP contribution in [0.5, 0.6) is 5.75 Å². The summed E-state index contributed by atoms with van der Waals surface area (Å²) >= 11 is 0. The van der Waals surface area contributed by atoms with Crippen LogP contribution < -0.4 is 10.1 Å². The van der Waals surface area contributed by atoms with Gasteiger partial charge < -0.3 is 14.6 Å². The van der Waals surface area contributed by atoms with Gasteiger partial charge in [-0.05, 0) is 13.0 Å². The lowest BCUT2D eigenvalue weighted by molar-refractivity contribution is 0.401. The maximum atomic E-state index is 5.38. The molecule has 0 aliphatic heterocycles. The van der Waals surface area contributed by atoms with Crippen molar-refractivity contribution >= 4 is 0 Å². The van der Waals surface area contributed by atoms with E-state index < -0.39 is 0 Å². The number of benzene rings is 1. The summed E-state index contributed by atoms with van der Waals surface area (Å²) in [4.78, 5) is 4.32. The van der Waals surface area contributed by atoms with E-state index in [1.165, 1.54) is 5.56 Å². The highest BCUT2D eigenvalue weighted by molar-refractivity contribution is 5.35. The molecule has 2 aromatic rings. The third kappa shape index (κ3) is 3.35. The second kappa shape index (κ2) is 6.38. The third-order valence-corrected chi connectivity index (χ3v) is 3.33. The van der Waals surface area contributed by atoms with Crippen LogP contribution in [0.25, 0.3) is 0 Å². The topological polar surface area (TPSA) is 39.1 Å². The number of nitrogens with zero attached hydrogens (tertiary/aromatic N) is 2. The predicted octanol–water partition coefficient (Wildman–Crippen LogP) is 2.32. The predicted molar refractivity (Wildman–Crippen MR) is 76.3 cm³/mol. The molecule has 2 rings (SSSR count). The van der Waals surface area contributed by atoms with Crippen molar-refractivity contribution in [3.05, 3.63) is 48.0 Å². The molecular formula is C15H21N3O. The van der Waals surface area contributed by atoms with E-state index in [-0.39, 0.29) is 6.04 Å². The summed E-state index contributed by atoms with van der Waals surface area (Å²) in [6.45, 7) is 3.04. The molecule has 0 saturated heterocycles. The first-order valence-corrected chi connectivity index (χ1v) is 6.55. The number of nitrogens with one attached hydrogen (secondary N) is 1. The first-order chi connectivity index (χ1) is 9.22. The summed E-state index contributed by atoms with van der Waals surface area (Å²) in [5, 5.41) is 3.51. The van der Waals surface area contributed by atoms with E-state index in [1.54, 1.807) is 7.11 Å². The molecule has 0 amide bonds. The van der Waals surface area contributed by atoms with Crippen LogP contribution in [0.4, 0.5) is 0 Å². The molecule has 1 atom stereocenters. The van der Waals surface area contributed by atoms with Crippen molar-refractivity contribution in [3.8, 4) is 5.75 Å². The Morgan fingerprint density at radius 3 is 2.84 bits per heavy atom. The molecule has 19 heavy (non-hydrogen) atoms. The molecule has 102 valence electrons. The molecule has 0 aliphatic rings. The number of aromatic nitrogens is 2. The number of aryl methyl sites for hydroxylation is 1. The lowest BCUT2D eigenvalue weighted by atomic mass is 10.1.